The minimum Gasteiger partial charge on any atom is -0.337 e. The number of piperazine rings is 1. The minimum atomic E-state index is -3.16. The maximum Gasteiger partial charge on any atom is 0.226 e. The van der Waals surface area contributed by atoms with E-state index in [9.17, 15) is 18.0 Å². The molecule has 1 aliphatic carbocycles. The van der Waals surface area contributed by atoms with Crippen molar-refractivity contribution in [3.8, 4) is 0 Å². The second-order valence-corrected chi connectivity index (χ2v) is 12.2. The number of hydrogen-bond acceptors (Lipinski definition) is 5. The Hall–Kier alpha value is -1.44. The topological polar surface area (TPSA) is 74.8 Å². The number of carbonyl (C=O) groups excluding carboxylic acids is 2. The van der Waals surface area contributed by atoms with E-state index in [1.807, 2.05) is 13.0 Å². The molecule has 32 heavy (non-hydrogen) atoms. The molecule has 0 bridgehead atoms. The predicted molar refractivity (Wildman–Crippen MR) is 128 cm³/mol. The molecule has 0 spiro atoms. The Morgan fingerprint density at radius 1 is 1.12 bits per heavy atom. The largest absolute Gasteiger partial charge is 0.337 e. The molecule has 1 amide bonds. The van der Waals surface area contributed by atoms with Crippen LogP contribution >= 0.6 is 11.6 Å². The highest BCUT2D eigenvalue weighted by Gasteiger charge is 2.33. The zero-order chi connectivity index (χ0) is 23.5. The molecule has 3 rings (SSSR count). The summed E-state index contributed by atoms with van der Waals surface area (Å²) in [4.78, 5) is 29.6. The highest BCUT2D eigenvalue weighted by Crippen LogP contribution is 2.29. The van der Waals surface area contributed by atoms with Gasteiger partial charge in [-0.05, 0) is 55.5 Å². The molecule has 0 unspecified atom stereocenters. The fourth-order valence-corrected chi connectivity index (χ4v) is 5.76. The molecule has 1 saturated heterocycles. The molecule has 1 heterocycles. The van der Waals surface area contributed by atoms with Crippen LogP contribution in [0.5, 0.6) is 0 Å². The van der Waals surface area contributed by atoms with Crippen molar-refractivity contribution in [2.24, 2.45) is 5.92 Å². The van der Waals surface area contributed by atoms with Crippen LogP contribution in [-0.4, -0.2) is 67.6 Å². The van der Waals surface area contributed by atoms with Crippen molar-refractivity contribution >= 4 is 33.1 Å². The lowest BCUT2D eigenvalue weighted by Crippen LogP contribution is -2.54. The molecular weight excluding hydrogens is 448 g/mol. The van der Waals surface area contributed by atoms with E-state index in [-0.39, 0.29) is 36.3 Å². The zero-order valence-electron chi connectivity index (χ0n) is 19.4. The van der Waals surface area contributed by atoms with E-state index in [1.54, 1.807) is 6.07 Å². The SMILES string of the molecule is Cc1c(CC(=O)CCS(C)(=O)=O)cc(Cl)cc1CN1CCN(C(=O)C2CCCC2)[C@@H](C)C1. The van der Waals surface area contributed by atoms with Gasteiger partial charge in [-0.3, -0.25) is 14.5 Å². The number of hydrogen-bond donors (Lipinski definition) is 0. The third-order valence-corrected chi connectivity index (χ3v) is 7.98. The van der Waals surface area contributed by atoms with E-state index in [1.165, 1.54) is 0 Å². The van der Waals surface area contributed by atoms with Crippen molar-refractivity contribution in [2.45, 2.75) is 65.0 Å². The third kappa shape index (κ3) is 6.78. The van der Waals surface area contributed by atoms with Crippen molar-refractivity contribution in [3.63, 3.8) is 0 Å². The molecule has 178 valence electrons. The van der Waals surface area contributed by atoms with E-state index in [4.69, 9.17) is 11.6 Å². The number of Topliss-reactive ketones (excluding diaryl/α,β-unsaturated/α-hetero) is 1. The number of amides is 1. The normalized spacial score (nSPS) is 20.6. The molecule has 8 heteroatoms. The van der Waals surface area contributed by atoms with Gasteiger partial charge in [0.1, 0.15) is 15.6 Å². The molecule has 1 atom stereocenters. The quantitative estimate of drug-likeness (QED) is 0.567. The van der Waals surface area contributed by atoms with Crippen LogP contribution in [0, 0.1) is 12.8 Å². The molecule has 2 fully saturated rings. The molecule has 1 aromatic rings. The molecule has 1 aromatic carbocycles. The number of nitrogens with zero attached hydrogens (tertiary/aromatic N) is 2. The van der Waals surface area contributed by atoms with Gasteiger partial charge in [0.2, 0.25) is 5.91 Å². The van der Waals surface area contributed by atoms with Crippen LogP contribution < -0.4 is 0 Å². The van der Waals surface area contributed by atoms with Crippen molar-refractivity contribution in [1.29, 1.82) is 0 Å². The Kier molecular flexibility index (Phi) is 8.39. The Morgan fingerprint density at radius 2 is 1.78 bits per heavy atom. The zero-order valence-corrected chi connectivity index (χ0v) is 21.0. The number of rotatable bonds is 8. The Labute approximate surface area is 197 Å². The van der Waals surface area contributed by atoms with Crippen LogP contribution in [0.4, 0.5) is 0 Å². The molecule has 0 radical (unpaired) electrons. The number of ketones is 1. The van der Waals surface area contributed by atoms with E-state index < -0.39 is 9.84 Å². The lowest BCUT2D eigenvalue weighted by Gasteiger charge is -2.41. The van der Waals surface area contributed by atoms with Gasteiger partial charge in [-0.2, -0.15) is 0 Å². The van der Waals surface area contributed by atoms with Crippen LogP contribution in [0.25, 0.3) is 0 Å². The number of sulfone groups is 1. The molecule has 2 aliphatic rings. The summed E-state index contributed by atoms with van der Waals surface area (Å²) < 4.78 is 22.7. The average molecular weight is 483 g/mol. The molecule has 1 aliphatic heterocycles. The maximum atomic E-state index is 12.9. The van der Waals surface area contributed by atoms with Crippen LogP contribution in [-0.2, 0) is 32.4 Å². The van der Waals surface area contributed by atoms with Crippen molar-refractivity contribution < 1.29 is 18.0 Å². The summed E-state index contributed by atoms with van der Waals surface area (Å²) in [5, 5.41) is 0.583. The van der Waals surface area contributed by atoms with Gasteiger partial charge >= 0.3 is 0 Å². The van der Waals surface area contributed by atoms with Crippen molar-refractivity contribution in [1.82, 2.24) is 9.80 Å². The van der Waals surface area contributed by atoms with Gasteiger partial charge < -0.3 is 4.90 Å². The Balaban J connectivity index is 1.62. The van der Waals surface area contributed by atoms with E-state index in [0.29, 0.717) is 17.5 Å². The molecule has 0 N–H and O–H groups in total. The fraction of sp³-hybridized carbons (Fsp3) is 0.667. The van der Waals surface area contributed by atoms with Gasteiger partial charge in [0.15, 0.2) is 0 Å². The first-order chi connectivity index (χ1) is 15.0. The number of carbonyl (C=O) groups is 2. The summed E-state index contributed by atoms with van der Waals surface area (Å²) >= 11 is 6.36. The third-order valence-electron chi connectivity index (χ3n) is 6.82. The Bertz CT molecular complexity index is 957. The second kappa shape index (κ2) is 10.7. The molecular formula is C24H35ClN2O4S. The van der Waals surface area contributed by atoms with Gasteiger partial charge in [-0.1, -0.05) is 24.4 Å². The number of halogens is 1. The molecule has 6 nitrogen and oxygen atoms in total. The minimum absolute atomic E-state index is 0.0224. The maximum absolute atomic E-state index is 12.9. The molecule has 1 saturated carbocycles. The van der Waals surface area contributed by atoms with Gasteiger partial charge in [0.25, 0.3) is 0 Å². The van der Waals surface area contributed by atoms with Gasteiger partial charge in [-0.25, -0.2) is 8.42 Å². The number of benzene rings is 1. The first-order valence-electron chi connectivity index (χ1n) is 11.5. The van der Waals surface area contributed by atoms with Crippen LogP contribution in [0.2, 0.25) is 5.02 Å². The lowest BCUT2D eigenvalue weighted by molar-refractivity contribution is -0.140. The predicted octanol–water partition coefficient (Wildman–Crippen LogP) is 3.42. The van der Waals surface area contributed by atoms with Gasteiger partial charge in [0.05, 0.1) is 5.75 Å². The summed E-state index contributed by atoms with van der Waals surface area (Å²) in [5.41, 5.74) is 2.96. The average Bonchev–Trinajstić information content (AvgIpc) is 3.24. The Morgan fingerprint density at radius 3 is 2.41 bits per heavy atom. The first kappa shape index (κ1) is 25.2. The highest BCUT2D eigenvalue weighted by atomic mass is 35.5. The lowest BCUT2D eigenvalue weighted by atomic mass is 9.97. The van der Waals surface area contributed by atoms with Crippen molar-refractivity contribution in [2.75, 3.05) is 31.6 Å². The summed E-state index contributed by atoms with van der Waals surface area (Å²) in [6, 6.07) is 3.93. The van der Waals surface area contributed by atoms with E-state index >= 15 is 0 Å². The molecule has 0 aromatic heterocycles. The van der Waals surface area contributed by atoms with Crippen LogP contribution in [0.15, 0.2) is 12.1 Å². The second-order valence-electron chi connectivity index (χ2n) is 9.54. The van der Waals surface area contributed by atoms with Crippen LogP contribution in [0.1, 0.15) is 55.7 Å². The highest BCUT2D eigenvalue weighted by molar-refractivity contribution is 7.90. The summed E-state index contributed by atoms with van der Waals surface area (Å²) in [5.74, 6) is 0.310. The monoisotopic (exact) mass is 482 g/mol. The standard InChI is InChI=1S/C24H35ClN2O4S/c1-17-15-26(9-10-27(17)24(29)19-6-4-5-7-19)16-21-13-22(25)12-20(18(21)2)14-23(28)8-11-32(3,30)31/h12-13,17,19H,4-11,14-16H2,1-3H3/t17-/m0/s1. The van der Waals surface area contributed by atoms with Crippen LogP contribution in [0.3, 0.4) is 0 Å². The summed E-state index contributed by atoms with van der Waals surface area (Å²) in [7, 11) is -3.16. The van der Waals surface area contributed by atoms with Gasteiger partial charge in [0, 0.05) is 62.3 Å². The smallest absolute Gasteiger partial charge is 0.226 e. The van der Waals surface area contributed by atoms with Crippen molar-refractivity contribution in [3.05, 3.63) is 33.8 Å². The van der Waals surface area contributed by atoms with Gasteiger partial charge in [-0.15, -0.1) is 0 Å². The summed E-state index contributed by atoms with van der Waals surface area (Å²) in [6.45, 7) is 7.20. The van der Waals surface area contributed by atoms with E-state index in [0.717, 1.165) is 68.3 Å². The van der Waals surface area contributed by atoms with E-state index in [2.05, 4.69) is 16.7 Å². The fourth-order valence-electron chi connectivity index (χ4n) is 4.90. The first-order valence-corrected chi connectivity index (χ1v) is 14.0. The summed E-state index contributed by atoms with van der Waals surface area (Å²) in [6.07, 6.45) is 5.74.